The Hall–Kier alpha value is -0.910. The zero-order chi connectivity index (χ0) is 15.1. The average Bonchev–Trinajstić information content (AvgIpc) is 2.80. The normalized spacial score (nSPS) is 11.3. The van der Waals surface area contributed by atoms with E-state index in [0.29, 0.717) is 15.8 Å². The smallest absolute Gasteiger partial charge is 0.139 e. The van der Waals surface area contributed by atoms with Gasteiger partial charge >= 0.3 is 0 Å². The third-order valence-electron chi connectivity index (χ3n) is 3.37. The molecule has 0 aliphatic rings. The van der Waals surface area contributed by atoms with Crippen molar-refractivity contribution in [2.24, 2.45) is 0 Å². The molecule has 0 bridgehead atoms. The Morgan fingerprint density at radius 1 is 1.24 bits per heavy atom. The molecule has 108 valence electrons. The molecule has 2 nitrogen and oxygen atoms in total. The molecule has 1 heterocycles. The maximum atomic E-state index is 13.7. The molecule has 1 aromatic heterocycles. The second-order valence-corrected chi connectivity index (χ2v) is 6.61. The zero-order valence-corrected chi connectivity index (χ0v) is 14.9. The van der Waals surface area contributed by atoms with Crippen LogP contribution in [0.2, 0.25) is 0 Å². The number of hydrogen-bond donors (Lipinski definition) is 0. The first-order chi connectivity index (χ1) is 10.0. The summed E-state index contributed by atoms with van der Waals surface area (Å²) in [6.07, 6.45) is 0. The predicted molar refractivity (Wildman–Crippen MR) is 90.7 cm³/mol. The molecule has 0 spiro atoms. The Morgan fingerprint density at radius 3 is 2.71 bits per heavy atom. The minimum Gasteiger partial charge on any atom is -0.295 e. The van der Waals surface area contributed by atoms with E-state index in [9.17, 15) is 4.39 Å². The summed E-state index contributed by atoms with van der Waals surface area (Å²) >= 11 is 12.8. The van der Waals surface area contributed by atoms with Gasteiger partial charge < -0.3 is 0 Å². The molecule has 0 amide bonds. The maximum absolute atomic E-state index is 13.7. The average molecular weight is 433 g/mol. The van der Waals surface area contributed by atoms with Crippen molar-refractivity contribution in [1.82, 2.24) is 9.55 Å². The number of rotatable bonds is 2. The molecule has 0 atom stereocenters. The lowest BCUT2D eigenvalue weighted by molar-refractivity contribution is 0.623. The Morgan fingerprint density at radius 2 is 2.00 bits per heavy atom. The summed E-state index contributed by atoms with van der Waals surface area (Å²) in [6, 6.07) is 9.07. The lowest BCUT2D eigenvalue weighted by atomic mass is 10.2. The Kier molecular flexibility index (Phi) is 4.08. The molecular weight excluding hydrogens is 422 g/mol. The fourth-order valence-corrected chi connectivity index (χ4v) is 3.19. The number of alkyl halides is 1. The van der Waals surface area contributed by atoms with Crippen LogP contribution in [0.15, 0.2) is 39.3 Å². The van der Waals surface area contributed by atoms with Crippen molar-refractivity contribution in [3.63, 3.8) is 0 Å². The summed E-state index contributed by atoms with van der Waals surface area (Å²) in [5, 5.41) is 0. The van der Waals surface area contributed by atoms with Gasteiger partial charge in [0.05, 0.1) is 27.1 Å². The van der Waals surface area contributed by atoms with Gasteiger partial charge in [0.25, 0.3) is 0 Å². The van der Waals surface area contributed by atoms with Crippen LogP contribution >= 0.6 is 43.5 Å². The van der Waals surface area contributed by atoms with E-state index in [0.717, 1.165) is 21.2 Å². The molecule has 3 aromatic rings. The highest BCUT2D eigenvalue weighted by atomic mass is 79.9. The van der Waals surface area contributed by atoms with Crippen LogP contribution in [-0.4, -0.2) is 9.55 Å². The molecule has 21 heavy (non-hydrogen) atoms. The fourth-order valence-electron chi connectivity index (χ4n) is 2.32. The van der Waals surface area contributed by atoms with Gasteiger partial charge in [0, 0.05) is 10.5 Å². The van der Waals surface area contributed by atoms with Crippen LogP contribution in [0.3, 0.4) is 0 Å². The molecule has 0 aliphatic heterocycles. The molecule has 0 unspecified atom stereocenters. The third kappa shape index (κ3) is 2.51. The number of aromatic nitrogens is 2. The number of nitrogens with zero attached hydrogens (tertiary/aromatic N) is 2. The molecular formula is C15H10Br2ClFN2. The molecule has 0 aliphatic carbocycles. The highest BCUT2D eigenvalue weighted by Gasteiger charge is 2.16. The lowest BCUT2D eigenvalue weighted by Gasteiger charge is -2.12. The van der Waals surface area contributed by atoms with E-state index in [1.807, 2.05) is 29.7 Å². The predicted octanol–water partition coefficient (Wildman–Crippen LogP) is 5.74. The van der Waals surface area contributed by atoms with Crippen LogP contribution in [0.5, 0.6) is 0 Å². The van der Waals surface area contributed by atoms with Crippen molar-refractivity contribution in [3.05, 3.63) is 56.5 Å². The highest BCUT2D eigenvalue weighted by molar-refractivity contribution is 9.10. The summed E-state index contributed by atoms with van der Waals surface area (Å²) in [7, 11) is 0. The van der Waals surface area contributed by atoms with Gasteiger partial charge in [0.15, 0.2) is 0 Å². The van der Waals surface area contributed by atoms with E-state index in [1.54, 1.807) is 6.07 Å². The minimum absolute atomic E-state index is 0.250. The third-order valence-corrected chi connectivity index (χ3v) is 5.07. The lowest BCUT2D eigenvalue weighted by Crippen LogP contribution is -2.02. The van der Waals surface area contributed by atoms with Crippen molar-refractivity contribution in [2.45, 2.75) is 12.8 Å². The van der Waals surface area contributed by atoms with Crippen molar-refractivity contribution in [3.8, 4) is 5.69 Å². The topological polar surface area (TPSA) is 17.8 Å². The fraction of sp³-hybridized carbons (Fsp3) is 0.133. The summed E-state index contributed by atoms with van der Waals surface area (Å²) in [6.45, 7) is 2.02. The van der Waals surface area contributed by atoms with Gasteiger partial charge in [-0.25, -0.2) is 9.37 Å². The van der Waals surface area contributed by atoms with Crippen LogP contribution in [0.25, 0.3) is 16.7 Å². The second-order valence-electron chi connectivity index (χ2n) is 4.64. The summed E-state index contributed by atoms with van der Waals surface area (Å²) in [4.78, 5) is 4.44. The van der Waals surface area contributed by atoms with E-state index >= 15 is 0 Å². The van der Waals surface area contributed by atoms with Gasteiger partial charge in [-0.05, 0) is 46.6 Å². The van der Waals surface area contributed by atoms with Gasteiger partial charge in [0.2, 0.25) is 0 Å². The van der Waals surface area contributed by atoms with Gasteiger partial charge in [-0.15, -0.1) is 11.6 Å². The SMILES string of the molecule is Cc1c(Br)cccc1-n1c(CCl)nc2cc(F)c(Br)cc21. The van der Waals surface area contributed by atoms with E-state index in [4.69, 9.17) is 11.6 Å². The van der Waals surface area contributed by atoms with Gasteiger partial charge in [-0.3, -0.25) is 4.57 Å². The number of fused-ring (bicyclic) bond motifs is 1. The van der Waals surface area contributed by atoms with Crippen LogP contribution in [0.1, 0.15) is 11.4 Å². The van der Waals surface area contributed by atoms with Crippen molar-refractivity contribution < 1.29 is 4.39 Å². The van der Waals surface area contributed by atoms with Crippen molar-refractivity contribution in [1.29, 1.82) is 0 Å². The molecule has 0 N–H and O–H groups in total. The quantitative estimate of drug-likeness (QED) is 0.473. The monoisotopic (exact) mass is 430 g/mol. The van der Waals surface area contributed by atoms with E-state index in [-0.39, 0.29) is 11.7 Å². The standard InChI is InChI=1S/C15H10Br2ClFN2/c1-8-9(16)3-2-4-13(8)21-14-5-10(17)11(19)6-12(14)20-15(21)7-18/h2-6H,7H2,1H3. The van der Waals surface area contributed by atoms with Gasteiger partial charge in [-0.1, -0.05) is 22.0 Å². The zero-order valence-electron chi connectivity index (χ0n) is 11.0. The van der Waals surface area contributed by atoms with Crippen LogP contribution in [-0.2, 0) is 5.88 Å². The molecule has 0 fully saturated rings. The van der Waals surface area contributed by atoms with Crippen molar-refractivity contribution >= 4 is 54.5 Å². The molecule has 0 radical (unpaired) electrons. The summed E-state index contributed by atoms with van der Waals surface area (Å²) in [5.74, 6) is 0.601. The van der Waals surface area contributed by atoms with Crippen LogP contribution in [0, 0.1) is 12.7 Å². The van der Waals surface area contributed by atoms with Crippen LogP contribution in [0.4, 0.5) is 4.39 Å². The molecule has 0 saturated heterocycles. The Labute approximate surface area is 143 Å². The second kappa shape index (κ2) is 5.71. The first kappa shape index (κ1) is 15.0. The maximum Gasteiger partial charge on any atom is 0.139 e. The summed E-state index contributed by atoms with van der Waals surface area (Å²) < 4.78 is 17.1. The first-order valence-electron chi connectivity index (χ1n) is 6.20. The Bertz CT molecular complexity index is 845. The first-order valence-corrected chi connectivity index (χ1v) is 8.33. The van der Waals surface area contributed by atoms with Gasteiger partial charge in [0.1, 0.15) is 11.6 Å². The van der Waals surface area contributed by atoms with E-state index in [2.05, 4.69) is 36.8 Å². The van der Waals surface area contributed by atoms with E-state index < -0.39 is 0 Å². The molecule has 0 saturated carbocycles. The minimum atomic E-state index is -0.334. The van der Waals surface area contributed by atoms with E-state index in [1.165, 1.54) is 6.07 Å². The van der Waals surface area contributed by atoms with Gasteiger partial charge in [-0.2, -0.15) is 0 Å². The number of imidazole rings is 1. The number of benzene rings is 2. The largest absolute Gasteiger partial charge is 0.295 e. The molecule has 6 heteroatoms. The Balaban J connectivity index is 2.40. The number of hydrogen-bond acceptors (Lipinski definition) is 1. The molecule has 2 aromatic carbocycles. The van der Waals surface area contributed by atoms with Crippen LogP contribution < -0.4 is 0 Å². The molecule has 3 rings (SSSR count). The van der Waals surface area contributed by atoms with Crippen molar-refractivity contribution in [2.75, 3.05) is 0 Å². The number of halogens is 4. The summed E-state index contributed by atoms with van der Waals surface area (Å²) in [5.41, 5.74) is 3.45. The highest BCUT2D eigenvalue weighted by Crippen LogP contribution is 2.30.